The second kappa shape index (κ2) is 6.36. The van der Waals surface area contributed by atoms with Gasteiger partial charge in [0.15, 0.2) is 0 Å². The maximum absolute atomic E-state index is 13.2. The van der Waals surface area contributed by atoms with E-state index in [1.165, 1.54) is 12.1 Å². The molecule has 0 aliphatic carbocycles. The second-order valence-electron chi connectivity index (χ2n) is 3.68. The summed E-state index contributed by atoms with van der Waals surface area (Å²) >= 11 is 0. The van der Waals surface area contributed by atoms with Crippen LogP contribution in [0.4, 0.5) is 22.0 Å². The highest BCUT2D eigenvalue weighted by Crippen LogP contribution is 2.43. The average Bonchev–Trinajstić information content (AvgIpc) is 2.35. The zero-order valence-electron chi connectivity index (χ0n) is 10.1. The Kier molecular flexibility index (Phi) is 5.91. The van der Waals surface area contributed by atoms with Gasteiger partial charge in [-0.2, -0.15) is 22.0 Å². The van der Waals surface area contributed by atoms with Gasteiger partial charge >= 0.3 is 18.1 Å². The number of esters is 1. The minimum atomic E-state index is -5.81. The summed E-state index contributed by atoms with van der Waals surface area (Å²) in [5.74, 6) is -6.19. The fraction of sp³-hybridized carbons (Fsp3) is 0.364. The van der Waals surface area contributed by atoms with Crippen LogP contribution in [0.2, 0.25) is 0 Å². The lowest BCUT2D eigenvalue weighted by molar-refractivity contribution is -0.291. The number of methoxy groups -OCH3 is 1. The van der Waals surface area contributed by atoms with Gasteiger partial charge in [-0.15, -0.1) is 12.4 Å². The molecule has 1 atom stereocenters. The average molecular weight is 320 g/mol. The van der Waals surface area contributed by atoms with E-state index in [2.05, 4.69) is 4.74 Å². The van der Waals surface area contributed by atoms with E-state index in [-0.39, 0.29) is 12.4 Å². The molecule has 0 aliphatic heterocycles. The molecule has 1 aromatic rings. The summed E-state index contributed by atoms with van der Waals surface area (Å²) in [6.45, 7) is 0. The molecule has 0 saturated heterocycles. The molecule has 0 unspecified atom stereocenters. The predicted molar refractivity (Wildman–Crippen MR) is 63.0 cm³/mol. The number of benzene rings is 1. The smallest absolute Gasteiger partial charge is 0.455 e. The first kappa shape index (κ1) is 18.6. The molecule has 9 heteroatoms. The third-order valence-electron chi connectivity index (χ3n) is 2.47. The van der Waals surface area contributed by atoms with Gasteiger partial charge in [0.1, 0.15) is 6.04 Å². The van der Waals surface area contributed by atoms with Gasteiger partial charge in [-0.1, -0.05) is 18.2 Å². The summed E-state index contributed by atoms with van der Waals surface area (Å²) in [6.07, 6.45) is -5.81. The van der Waals surface area contributed by atoms with Crippen LogP contribution in [-0.2, 0) is 4.74 Å². The molecule has 2 N–H and O–H groups in total. The Balaban J connectivity index is 0.00000361. The summed E-state index contributed by atoms with van der Waals surface area (Å²) in [4.78, 5) is 11.3. The van der Waals surface area contributed by atoms with Gasteiger partial charge in [0.05, 0.1) is 12.7 Å². The highest BCUT2D eigenvalue weighted by molar-refractivity contribution is 5.91. The van der Waals surface area contributed by atoms with Crippen LogP contribution in [-0.4, -0.2) is 25.2 Å². The molecular weight excluding hydrogens is 309 g/mol. The van der Waals surface area contributed by atoms with Gasteiger partial charge in [0.25, 0.3) is 0 Å². The molecule has 0 aliphatic rings. The van der Waals surface area contributed by atoms with E-state index in [9.17, 15) is 26.7 Å². The Morgan fingerprint density at radius 2 is 1.70 bits per heavy atom. The number of halogens is 6. The van der Waals surface area contributed by atoms with Gasteiger partial charge < -0.3 is 10.5 Å². The Morgan fingerprint density at radius 3 is 2.15 bits per heavy atom. The van der Waals surface area contributed by atoms with Crippen LogP contribution in [0.15, 0.2) is 24.3 Å². The summed E-state index contributed by atoms with van der Waals surface area (Å²) < 4.78 is 67.3. The van der Waals surface area contributed by atoms with Crippen molar-refractivity contribution in [2.45, 2.75) is 18.1 Å². The van der Waals surface area contributed by atoms with Gasteiger partial charge in [-0.25, -0.2) is 4.79 Å². The SMILES string of the molecule is COC(=O)c1ccccc1[C@H](N)C(F)(F)C(F)(F)F.Cl. The standard InChI is InChI=1S/C11H10F5NO2.ClH/c1-19-9(18)7-5-3-2-4-6(7)8(17)10(12,13)11(14,15)16;/h2-5,8H,17H2,1H3;1H/t8-;/m0./s1. The molecule has 0 saturated carbocycles. The molecule has 0 fully saturated rings. The van der Waals surface area contributed by atoms with Crippen LogP contribution in [0.1, 0.15) is 22.0 Å². The zero-order valence-corrected chi connectivity index (χ0v) is 10.9. The summed E-state index contributed by atoms with van der Waals surface area (Å²) in [5.41, 5.74) is 3.92. The lowest BCUT2D eigenvalue weighted by atomic mass is 9.96. The van der Waals surface area contributed by atoms with E-state index >= 15 is 0 Å². The minimum Gasteiger partial charge on any atom is -0.465 e. The van der Waals surface area contributed by atoms with Gasteiger partial charge in [0.2, 0.25) is 0 Å². The molecule has 0 amide bonds. The molecule has 3 nitrogen and oxygen atoms in total. The Labute approximate surface area is 117 Å². The van der Waals surface area contributed by atoms with Crippen molar-refractivity contribution in [1.82, 2.24) is 0 Å². The van der Waals surface area contributed by atoms with Crippen molar-refractivity contribution in [3.05, 3.63) is 35.4 Å². The third-order valence-corrected chi connectivity index (χ3v) is 2.47. The van der Waals surface area contributed by atoms with Crippen LogP contribution in [0.25, 0.3) is 0 Å². The van der Waals surface area contributed by atoms with Crippen LogP contribution >= 0.6 is 12.4 Å². The van der Waals surface area contributed by atoms with Crippen LogP contribution in [0.5, 0.6) is 0 Å². The van der Waals surface area contributed by atoms with Crippen molar-refractivity contribution < 1.29 is 31.5 Å². The summed E-state index contributed by atoms with van der Waals surface area (Å²) in [7, 11) is 0.979. The maximum Gasteiger partial charge on any atom is 0.455 e. The lowest BCUT2D eigenvalue weighted by Gasteiger charge is -2.26. The number of alkyl halides is 5. The first-order chi connectivity index (χ1) is 8.63. The molecule has 20 heavy (non-hydrogen) atoms. The fourth-order valence-corrected chi connectivity index (χ4v) is 1.44. The molecule has 0 aromatic heterocycles. The van der Waals surface area contributed by atoms with Crippen molar-refractivity contribution in [3.8, 4) is 0 Å². The molecule has 0 radical (unpaired) electrons. The number of ether oxygens (including phenoxy) is 1. The number of hydrogen-bond acceptors (Lipinski definition) is 3. The topological polar surface area (TPSA) is 52.3 Å². The van der Waals surface area contributed by atoms with E-state index < -0.39 is 35.2 Å². The molecule has 0 bridgehead atoms. The summed E-state index contributed by atoms with van der Waals surface area (Å²) in [6, 6.07) is 1.80. The number of nitrogens with two attached hydrogens (primary N) is 1. The third kappa shape index (κ3) is 3.37. The molecule has 1 rings (SSSR count). The highest BCUT2D eigenvalue weighted by Gasteiger charge is 2.62. The van der Waals surface area contributed by atoms with Crippen molar-refractivity contribution in [2.75, 3.05) is 7.11 Å². The minimum absolute atomic E-state index is 0. The summed E-state index contributed by atoms with van der Waals surface area (Å²) in [5, 5.41) is 0. The maximum atomic E-state index is 13.2. The van der Waals surface area contributed by atoms with Crippen LogP contribution in [0, 0.1) is 0 Å². The van der Waals surface area contributed by atoms with Gasteiger partial charge in [0, 0.05) is 0 Å². The van der Waals surface area contributed by atoms with Crippen molar-refractivity contribution >= 4 is 18.4 Å². The number of carbonyl (C=O) groups excluding carboxylic acids is 1. The largest absolute Gasteiger partial charge is 0.465 e. The van der Waals surface area contributed by atoms with Crippen molar-refractivity contribution in [3.63, 3.8) is 0 Å². The first-order valence-electron chi connectivity index (χ1n) is 5.00. The fourth-order valence-electron chi connectivity index (χ4n) is 1.44. The lowest BCUT2D eigenvalue weighted by Crippen LogP contribution is -2.46. The van der Waals surface area contributed by atoms with Crippen molar-refractivity contribution in [1.29, 1.82) is 0 Å². The second-order valence-corrected chi connectivity index (χ2v) is 3.68. The molecule has 0 heterocycles. The Morgan fingerprint density at radius 1 is 1.20 bits per heavy atom. The van der Waals surface area contributed by atoms with Gasteiger partial charge in [-0.3, -0.25) is 0 Å². The monoisotopic (exact) mass is 319 g/mol. The van der Waals surface area contributed by atoms with Crippen LogP contribution in [0.3, 0.4) is 0 Å². The number of carbonyl (C=O) groups is 1. The van der Waals surface area contributed by atoms with E-state index in [0.29, 0.717) is 0 Å². The van der Waals surface area contributed by atoms with E-state index in [0.717, 1.165) is 19.2 Å². The van der Waals surface area contributed by atoms with E-state index in [1.54, 1.807) is 0 Å². The quantitative estimate of drug-likeness (QED) is 0.688. The predicted octanol–water partition coefficient (Wildman–Crippen LogP) is 3.09. The number of hydrogen-bond donors (Lipinski definition) is 1. The Hall–Kier alpha value is -1.41. The van der Waals surface area contributed by atoms with Crippen LogP contribution < -0.4 is 5.73 Å². The normalized spacial score (nSPS) is 13.3. The molecular formula is C11H11ClF5NO2. The molecule has 114 valence electrons. The molecule has 1 aromatic carbocycles. The zero-order chi connectivity index (χ0) is 14.8. The van der Waals surface area contributed by atoms with E-state index in [1.807, 2.05) is 0 Å². The van der Waals surface area contributed by atoms with E-state index in [4.69, 9.17) is 5.73 Å². The van der Waals surface area contributed by atoms with Gasteiger partial charge in [-0.05, 0) is 11.6 Å². The number of rotatable bonds is 3. The Bertz CT molecular complexity index is 478. The molecule has 0 spiro atoms. The first-order valence-corrected chi connectivity index (χ1v) is 5.00. The van der Waals surface area contributed by atoms with Crippen molar-refractivity contribution in [2.24, 2.45) is 5.73 Å². The highest BCUT2D eigenvalue weighted by atomic mass is 35.5.